The predicted molar refractivity (Wildman–Crippen MR) is 107 cm³/mol. The molecule has 1 aliphatic heterocycles. The van der Waals surface area contributed by atoms with E-state index in [1.54, 1.807) is 18.5 Å². The molecule has 1 unspecified atom stereocenters. The molecular formula is C21H29N5O. The monoisotopic (exact) mass is 367 g/mol. The Bertz CT molecular complexity index is 809. The van der Waals surface area contributed by atoms with Crippen molar-refractivity contribution in [2.75, 3.05) is 16.8 Å². The lowest BCUT2D eigenvalue weighted by Gasteiger charge is -2.35. The van der Waals surface area contributed by atoms with E-state index in [9.17, 15) is 4.79 Å². The second-order valence-electron chi connectivity index (χ2n) is 7.96. The molecule has 0 spiro atoms. The van der Waals surface area contributed by atoms with Crippen molar-refractivity contribution in [2.24, 2.45) is 0 Å². The molecule has 1 atom stereocenters. The summed E-state index contributed by atoms with van der Waals surface area (Å²) < 4.78 is 1.90. The lowest BCUT2D eigenvalue weighted by molar-refractivity contribution is 0.101. The van der Waals surface area contributed by atoms with E-state index < -0.39 is 0 Å². The lowest BCUT2D eigenvalue weighted by atomic mass is 10.0. The van der Waals surface area contributed by atoms with Crippen LogP contribution in [0.15, 0.2) is 24.5 Å². The maximum absolute atomic E-state index is 12.8. The first-order valence-corrected chi connectivity index (χ1v) is 10.2. The molecular weight excluding hydrogens is 338 g/mol. The van der Waals surface area contributed by atoms with Crippen LogP contribution in [0.1, 0.15) is 74.0 Å². The van der Waals surface area contributed by atoms with Crippen molar-refractivity contribution < 1.29 is 4.79 Å². The highest BCUT2D eigenvalue weighted by molar-refractivity contribution is 6.03. The van der Waals surface area contributed by atoms with E-state index in [1.807, 2.05) is 10.7 Å². The van der Waals surface area contributed by atoms with Crippen molar-refractivity contribution in [1.82, 2.24) is 14.8 Å². The summed E-state index contributed by atoms with van der Waals surface area (Å²) in [6, 6.07) is 4.70. The van der Waals surface area contributed by atoms with Crippen LogP contribution in [0.2, 0.25) is 0 Å². The van der Waals surface area contributed by atoms with Gasteiger partial charge in [-0.15, -0.1) is 0 Å². The number of pyridine rings is 1. The number of aromatic nitrogens is 3. The van der Waals surface area contributed by atoms with Crippen molar-refractivity contribution in [3.63, 3.8) is 0 Å². The summed E-state index contributed by atoms with van der Waals surface area (Å²) in [6.45, 7) is 5.39. The molecule has 4 rings (SSSR count). The normalized spacial score (nSPS) is 20.8. The average Bonchev–Trinajstić information content (AvgIpc) is 3.34. The Kier molecular flexibility index (Phi) is 5.14. The number of piperidine rings is 1. The van der Waals surface area contributed by atoms with Gasteiger partial charge in [-0.05, 0) is 63.6 Å². The fraction of sp³-hybridized carbons (Fsp3) is 0.571. The number of nitrogens with zero attached hydrogens (tertiary/aromatic N) is 4. The summed E-state index contributed by atoms with van der Waals surface area (Å²) >= 11 is 0. The Labute approximate surface area is 161 Å². The van der Waals surface area contributed by atoms with E-state index in [4.69, 9.17) is 0 Å². The van der Waals surface area contributed by atoms with Crippen LogP contribution in [0.3, 0.4) is 0 Å². The summed E-state index contributed by atoms with van der Waals surface area (Å²) in [4.78, 5) is 19.9. The maximum atomic E-state index is 12.8. The molecule has 0 radical (unpaired) electrons. The van der Waals surface area contributed by atoms with Gasteiger partial charge in [-0.25, -0.2) is 4.98 Å². The fourth-order valence-corrected chi connectivity index (χ4v) is 4.48. The van der Waals surface area contributed by atoms with E-state index in [0.717, 1.165) is 36.5 Å². The molecule has 6 nitrogen and oxygen atoms in total. The van der Waals surface area contributed by atoms with E-state index in [0.29, 0.717) is 17.8 Å². The summed E-state index contributed by atoms with van der Waals surface area (Å²) in [5.74, 6) is 0.927. The van der Waals surface area contributed by atoms with Crippen LogP contribution in [0.25, 0.3) is 0 Å². The van der Waals surface area contributed by atoms with Crippen molar-refractivity contribution in [1.29, 1.82) is 0 Å². The predicted octanol–water partition coefficient (Wildman–Crippen LogP) is 4.33. The molecule has 27 heavy (non-hydrogen) atoms. The number of nitrogens with one attached hydrogen (secondary N) is 1. The first-order valence-electron chi connectivity index (χ1n) is 10.2. The van der Waals surface area contributed by atoms with Crippen LogP contribution in [0.4, 0.5) is 11.5 Å². The molecule has 2 aromatic heterocycles. The third-order valence-corrected chi connectivity index (χ3v) is 5.96. The zero-order valence-corrected chi connectivity index (χ0v) is 16.3. The second-order valence-corrected chi connectivity index (χ2v) is 7.96. The second kappa shape index (κ2) is 7.71. The summed E-state index contributed by atoms with van der Waals surface area (Å²) in [5, 5.41) is 7.41. The van der Waals surface area contributed by atoms with Gasteiger partial charge in [0.1, 0.15) is 11.5 Å². The number of aryl methyl sites for hydroxylation is 1. The summed E-state index contributed by atoms with van der Waals surface area (Å²) in [7, 11) is 0. The third-order valence-electron chi connectivity index (χ3n) is 5.96. The topological polar surface area (TPSA) is 63.1 Å². The van der Waals surface area contributed by atoms with Gasteiger partial charge in [0.15, 0.2) is 0 Å². The Morgan fingerprint density at radius 1 is 1.19 bits per heavy atom. The Morgan fingerprint density at radius 2 is 1.96 bits per heavy atom. The molecule has 0 bridgehead atoms. The molecule has 1 aliphatic carbocycles. The number of rotatable bonds is 4. The van der Waals surface area contributed by atoms with Crippen LogP contribution in [-0.2, 0) is 0 Å². The fourth-order valence-electron chi connectivity index (χ4n) is 4.48. The molecule has 2 fully saturated rings. The van der Waals surface area contributed by atoms with Crippen LogP contribution >= 0.6 is 0 Å². The number of hydrogen-bond donors (Lipinski definition) is 1. The standard InChI is InChI=1S/C21H29N5O/c1-15-13-17(14-22-20(15)25-12-6-5-7-16(25)2)24-21(27)19-10-11-23-26(19)18-8-3-4-9-18/h10-11,13-14,16,18H,3-9,12H2,1-2H3,(H,24,27). The molecule has 144 valence electrons. The third kappa shape index (κ3) is 3.70. The van der Waals surface area contributed by atoms with Crippen LogP contribution in [0.5, 0.6) is 0 Å². The minimum atomic E-state index is -0.111. The van der Waals surface area contributed by atoms with Crippen molar-refractivity contribution in [2.45, 2.75) is 70.9 Å². The van der Waals surface area contributed by atoms with Gasteiger partial charge in [-0.3, -0.25) is 9.48 Å². The van der Waals surface area contributed by atoms with Crippen molar-refractivity contribution in [3.8, 4) is 0 Å². The van der Waals surface area contributed by atoms with Gasteiger partial charge >= 0.3 is 0 Å². The largest absolute Gasteiger partial charge is 0.354 e. The minimum Gasteiger partial charge on any atom is -0.354 e. The van der Waals surface area contributed by atoms with E-state index in [2.05, 4.69) is 34.1 Å². The van der Waals surface area contributed by atoms with Gasteiger partial charge in [0.05, 0.1) is 17.9 Å². The van der Waals surface area contributed by atoms with Gasteiger partial charge < -0.3 is 10.2 Å². The minimum absolute atomic E-state index is 0.111. The summed E-state index contributed by atoms with van der Waals surface area (Å²) in [5.41, 5.74) is 2.48. The quantitative estimate of drug-likeness (QED) is 0.873. The number of amides is 1. The van der Waals surface area contributed by atoms with E-state index in [-0.39, 0.29) is 5.91 Å². The van der Waals surface area contributed by atoms with Gasteiger partial charge in [0, 0.05) is 18.8 Å². The van der Waals surface area contributed by atoms with Crippen LogP contribution in [0, 0.1) is 6.92 Å². The SMILES string of the molecule is Cc1cc(NC(=O)c2ccnn2C2CCCC2)cnc1N1CCCCC1C. The molecule has 2 aliphatic rings. The summed E-state index contributed by atoms with van der Waals surface area (Å²) in [6.07, 6.45) is 11.8. The lowest BCUT2D eigenvalue weighted by Crippen LogP contribution is -2.38. The van der Waals surface area contributed by atoms with Crippen LogP contribution < -0.4 is 10.2 Å². The molecule has 3 heterocycles. The van der Waals surface area contributed by atoms with E-state index >= 15 is 0 Å². The molecule has 0 aromatic carbocycles. The highest BCUT2D eigenvalue weighted by Gasteiger charge is 2.24. The van der Waals surface area contributed by atoms with Gasteiger partial charge in [-0.2, -0.15) is 5.10 Å². The molecule has 1 N–H and O–H groups in total. The molecule has 6 heteroatoms. The smallest absolute Gasteiger partial charge is 0.273 e. The van der Waals surface area contributed by atoms with E-state index in [1.165, 1.54) is 32.1 Å². The highest BCUT2D eigenvalue weighted by atomic mass is 16.2. The first kappa shape index (κ1) is 18.0. The Balaban J connectivity index is 1.49. The number of anilines is 2. The Hall–Kier alpha value is -2.37. The first-order chi connectivity index (χ1) is 13.1. The number of carbonyl (C=O) groups is 1. The van der Waals surface area contributed by atoms with Crippen molar-refractivity contribution in [3.05, 3.63) is 35.8 Å². The van der Waals surface area contributed by atoms with Gasteiger partial charge in [0.2, 0.25) is 0 Å². The van der Waals surface area contributed by atoms with Crippen molar-refractivity contribution >= 4 is 17.4 Å². The molecule has 1 amide bonds. The highest BCUT2D eigenvalue weighted by Crippen LogP contribution is 2.30. The number of carbonyl (C=O) groups excluding carboxylic acids is 1. The average molecular weight is 367 g/mol. The molecule has 2 aromatic rings. The van der Waals surface area contributed by atoms with Gasteiger partial charge in [0.25, 0.3) is 5.91 Å². The Morgan fingerprint density at radius 3 is 2.70 bits per heavy atom. The zero-order chi connectivity index (χ0) is 18.8. The maximum Gasteiger partial charge on any atom is 0.273 e. The van der Waals surface area contributed by atoms with Gasteiger partial charge in [-0.1, -0.05) is 12.8 Å². The van der Waals surface area contributed by atoms with Crippen LogP contribution in [-0.4, -0.2) is 33.3 Å². The zero-order valence-electron chi connectivity index (χ0n) is 16.3. The number of hydrogen-bond acceptors (Lipinski definition) is 4. The molecule has 1 saturated heterocycles. The molecule has 1 saturated carbocycles.